The molecule has 0 spiro atoms. The van der Waals surface area contributed by atoms with Crippen LogP contribution < -0.4 is 10.1 Å². The summed E-state index contributed by atoms with van der Waals surface area (Å²) in [6.07, 6.45) is 3.63. The summed E-state index contributed by atoms with van der Waals surface area (Å²) in [5, 5.41) is 9.73. The van der Waals surface area contributed by atoms with Crippen LogP contribution in [0.4, 0.5) is 0 Å². The van der Waals surface area contributed by atoms with Crippen molar-refractivity contribution in [3.8, 4) is 5.75 Å². The van der Waals surface area contributed by atoms with E-state index in [0.29, 0.717) is 31.2 Å². The van der Waals surface area contributed by atoms with Crippen molar-refractivity contribution in [3.05, 3.63) is 42.0 Å². The molecular weight excluding hydrogens is 308 g/mol. The molecule has 1 aliphatic rings. The number of nitrogens with one attached hydrogen (secondary N) is 2. The number of nitrogens with zero attached hydrogens (tertiary/aromatic N) is 2. The number of hydrogen-bond donors (Lipinski definition) is 2. The summed E-state index contributed by atoms with van der Waals surface area (Å²) >= 11 is 0. The average Bonchev–Trinajstić information content (AvgIpc) is 3.29. The number of para-hydroxylation sites is 1. The molecule has 0 radical (unpaired) electrons. The Hall–Kier alpha value is -2.41. The maximum Gasteiger partial charge on any atom is 0.220 e. The Bertz CT molecular complexity index is 638. The van der Waals surface area contributed by atoms with Gasteiger partial charge in [-0.1, -0.05) is 18.2 Å². The Kier molecular flexibility index (Phi) is 5.79. The number of rotatable bonds is 8. The van der Waals surface area contributed by atoms with Gasteiger partial charge in [-0.25, -0.2) is 4.98 Å². The third-order valence-electron chi connectivity index (χ3n) is 3.86. The largest absolute Gasteiger partial charge is 0.486 e. The van der Waals surface area contributed by atoms with E-state index in [9.17, 15) is 4.79 Å². The molecule has 1 fully saturated rings. The number of aromatic amines is 1. The zero-order valence-corrected chi connectivity index (χ0v) is 13.5. The Morgan fingerprint density at radius 2 is 2.25 bits per heavy atom. The summed E-state index contributed by atoms with van der Waals surface area (Å²) in [7, 11) is 0. The number of H-pyrrole nitrogens is 1. The second-order valence-electron chi connectivity index (χ2n) is 5.75. The van der Waals surface area contributed by atoms with E-state index in [-0.39, 0.29) is 12.0 Å². The molecule has 1 atom stereocenters. The van der Waals surface area contributed by atoms with Crippen molar-refractivity contribution in [3.63, 3.8) is 0 Å². The highest BCUT2D eigenvalue weighted by Gasteiger charge is 2.16. The molecule has 0 aliphatic carbocycles. The van der Waals surface area contributed by atoms with Gasteiger partial charge in [0, 0.05) is 13.0 Å². The molecule has 7 heteroatoms. The lowest BCUT2D eigenvalue weighted by molar-refractivity contribution is -0.121. The molecule has 2 heterocycles. The standard InChI is InChI=1S/C17H22N4O3/c22-17(9-8-14-7-4-10-23-14)18-11-15-19-16(21-20-15)12-24-13-5-2-1-3-6-13/h1-3,5-6,14H,4,7-12H2,(H,18,22)(H,19,20,21). The van der Waals surface area contributed by atoms with E-state index < -0.39 is 0 Å². The Labute approximate surface area is 140 Å². The maximum atomic E-state index is 11.8. The Balaban J connectivity index is 1.36. The molecule has 2 aromatic rings. The van der Waals surface area contributed by atoms with E-state index in [1.54, 1.807) is 0 Å². The summed E-state index contributed by atoms with van der Waals surface area (Å²) < 4.78 is 11.1. The van der Waals surface area contributed by atoms with Crippen LogP contribution in [-0.4, -0.2) is 33.8 Å². The van der Waals surface area contributed by atoms with Crippen LogP contribution in [0.1, 0.15) is 37.3 Å². The van der Waals surface area contributed by atoms with Gasteiger partial charge in [-0.3, -0.25) is 9.89 Å². The molecule has 7 nitrogen and oxygen atoms in total. The molecule has 0 bridgehead atoms. The topological polar surface area (TPSA) is 89.1 Å². The first-order valence-corrected chi connectivity index (χ1v) is 8.26. The van der Waals surface area contributed by atoms with Gasteiger partial charge in [0.15, 0.2) is 11.6 Å². The maximum absolute atomic E-state index is 11.8. The van der Waals surface area contributed by atoms with E-state index in [2.05, 4.69) is 20.5 Å². The number of carbonyl (C=O) groups excluding carboxylic acids is 1. The zero-order chi connectivity index (χ0) is 16.6. The molecule has 1 unspecified atom stereocenters. The highest BCUT2D eigenvalue weighted by molar-refractivity contribution is 5.75. The van der Waals surface area contributed by atoms with Gasteiger partial charge in [-0.15, -0.1) is 0 Å². The minimum absolute atomic E-state index is 0.00242. The molecule has 1 saturated heterocycles. The van der Waals surface area contributed by atoms with Crippen molar-refractivity contribution in [2.24, 2.45) is 0 Å². The van der Waals surface area contributed by atoms with E-state index in [1.807, 2.05) is 30.3 Å². The lowest BCUT2D eigenvalue weighted by Crippen LogP contribution is -2.24. The third-order valence-corrected chi connectivity index (χ3v) is 3.86. The van der Waals surface area contributed by atoms with Gasteiger partial charge in [0.1, 0.15) is 12.4 Å². The van der Waals surface area contributed by atoms with Crippen molar-refractivity contribution < 1.29 is 14.3 Å². The minimum atomic E-state index is -0.00242. The first kappa shape index (κ1) is 16.4. The minimum Gasteiger partial charge on any atom is -0.486 e. The van der Waals surface area contributed by atoms with Gasteiger partial charge in [0.25, 0.3) is 0 Å². The van der Waals surface area contributed by atoms with Crippen LogP contribution in [0.3, 0.4) is 0 Å². The van der Waals surface area contributed by atoms with Crippen LogP contribution in [-0.2, 0) is 22.7 Å². The molecule has 3 rings (SSSR count). The van der Waals surface area contributed by atoms with Crippen LogP contribution in [0.25, 0.3) is 0 Å². The van der Waals surface area contributed by atoms with Gasteiger partial charge in [0.05, 0.1) is 12.6 Å². The molecule has 0 saturated carbocycles. The van der Waals surface area contributed by atoms with E-state index in [0.717, 1.165) is 31.6 Å². The summed E-state index contributed by atoms with van der Waals surface area (Å²) in [6, 6.07) is 9.51. The lowest BCUT2D eigenvalue weighted by atomic mass is 10.1. The van der Waals surface area contributed by atoms with Crippen LogP contribution in [0, 0.1) is 0 Å². The quantitative estimate of drug-likeness (QED) is 0.772. The third kappa shape index (κ3) is 5.06. The normalized spacial score (nSPS) is 16.9. The van der Waals surface area contributed by atoms with Crippen molar-refractivity contribution >= 4 is 5.91 Å². The van der Waals surface area contributed by atoms with Gasteiger partial charge in [-0.05, 0) is 31.4 Å². The van der Waals surface area contributed by atoms with Gasteiger partial charge in [0.2, 0.25) is 5.91 Å². The second-order valence-corrected chi connectivity index (χ2v) is 5.75. The van der Waals surface area contributed by atoms with Gasteiger partial charge >= 0.3 is 0 Å². The van der Waals surface area contributed by atoms with Gasteiger partial charge < -0.3 is 14.8 Å². The monoisotopic (exact) mass is 330 g/mol. The van der Waals surface area contributed by atoms with Crippen LogP contribution in [0.2, 0.25) is 0 Å². The van der Waals surface area contributed by atoms with Crippen LogP contribution in [0.5, 0.6) is 5.75 Å². The number of ether oxygens (including phenoxy) is 2. The van der Waals surface area contributed by atoms with E-state index >= 15 is 0 Å². The predicted molar refractivity (Wildman–Crippen MR) is 87.2 cm³/mol. The number of carbonyl (C=O) groups is 1. The summed E-state index contributed by atoms with van der Waals surface area (Å²) in [6.45, 7) is 1.44. The number of benzene rings is 1. The summed E-state index contributed by atoms with van der Waals surface area (Å²) in [5.41, 5.74) is 0. The molecule has 1 aromatic carbocycles. The highest BCUT2D eigenvalue weighted by atomic mass is 16.5. The fourth-order valence-electron chi connectivity index (χ4n) is 2.58. The molecule has 1 aliphatic heterocycles. The zero-order valence-electron chi connectivity index (χ0n) is 13.5. The molecule has 24 heavy (non-hydrogen) atoms. The van der Waals surface area contributed by atoms with E-state index in [4.69, 9.17) is 9.47 Å². The molecule has 128 valence electrons. The fraction of sp³-hybridized carbons (Fsp3) is 0.471. The summed E-state index contributed by atoms with van der Waals surface area (Å²) in [5.74, 6) is 1.95. The molecule has 1 amide bonds. The Morgan fingerprint density at radius 3 is 3.04 bits per heavy atom. The smallest absolute Gasteiger partial charge is 0.220 e. The van der Waals surface area contributed by atoms with Crippen LogP contribution >= 0.6 is 0 Å². The van der Waals surface area contributed by atoms with Crippen LogP contribution in [0.15, 0.2) is 30.3 Å². The predicted octanol–water partition coefficient (Wildman–Crippen LogP) is 1.96. The second kappa shape index (κ2) is 8.44. The fourth-order valence-corrected chi connectivity index (χ4v) is 2.58. The molecule has 2 N–H and O–H groups in total. The van der Waals surface area contributed by atoms with Gasteiger partial charge in [-0.2, -0.15) is 5.10 Å². The van der Waals surface area contributed by atoms with Crippen molar-refractivity contribution in [2.45, 2.75) is 44.9 Å². The lowest BCUT2D eigenvalue weighted by Gasteiger charge is -2.08. The SMILES string of the molecule is O=C(CCC1CCCO1)NCc1n[nH]c(COc2ccccc2)n1. The first-order chi connectivity index (χ1) is 11.8. The number of aromatic nitrogens is 3. The van der Waals surface area contributed by atoms with Crippen molar-refractivity contribution in [1.82, 2.24) is 20.5 Å². The van der Waals surface area contributed by atoms with Crippen molar-refractivity contribution in [1.29, 1.82) is 0 Å². The first-order valence-electron chi connectivity index (χ1n) is 8.26. The number of hydrogen-bond acceptors (Lipinski definition) is 5. The highest BCUT2D eigenvalue weighted by Crippen LogP contribution is 2.16. The van der Waals surface area contributed by atoms with Crippen molar-refractivity contribution in [2.75, 3.05) is 6.61 Å². The molecule has 1 aromatic heterocycles. The van der Waals surface area contributed by atoms with E-state index in [1.165, 1.54) is 0 Å². The Morgan fingerprint density at radius 1 is 1.38 bits per heavy atom. The summed E-state index contributed by atoms with van der Waals surface area (Å²) in [4.78, 5) is 16.1. The molecular formula is C17H22N4O3. The number of amides is 1. The average molecular weight is 330 g/mol.